The average Bonchev–Trinajstić information content (AvgIpc) is 2.69. The highest BCUT2D eigenvalue weighted by atomic mass is 19.1. The molecule has 1 N–H and O–H groups in total. The first-order valence-corrected chi connectivity index (χ1v) is 6.75. The number of allylic oxidation sites excluding steroid dienone is 2. The molecule has 1 unspecified atom stereocenters. The Kier molecular flexibility index (Phi) is 2.56. The van der Waals surface area contributed by atoms with E-state index < -0.39 is 5.82 Å². The van der Waals surface area contributed by atoms with E-state index in [9.17, 15) is 14.3 Å². The second-order valence-electron chi connectivity index (χ2n) is 5.70. The van der Waals surface area contributed by atoms with Gasteiger partial charge in [-0.2, -0.15) is 0 Å². The largest absolute Gasteiger partial charge is 0.508 e. The molecule has 2 nitrogen and oxygen atoms in total. The van der Waals surface area contributed by atoms with Crippen molar-refractivity contribution in [2.24, 2.45) is 5.41 Å². The number of hydrogen-bond donors (Lipinski definition) is 1. The van der Waals surface area contributed by atoms with Crippen molar-refractivity contribution in [2.45, 2.75) is 39.5 Å². The Morgan fingerprint density at radius 2 is 2.16 bits per heavy atom. The maximum atomic E-state index is 14.2. The summed E-state index contributed by atoms with van der Waals surface area (Å²) in [6, 6.07) is 2.78. The van der Waals surface area contributed by atoms with Gasteiger partial charge in [0, 0.05) is 23.5 Å². The summed E-state index contributed by atoms with van der Waals surface area (Å²) in [4.78, 5) is 12.0. The Morgan fingerprint density at radius 1 is 1.42 bits per heavy atom. The number of phenols is 1. The third-order valence-electron chi connectivity index (χ3n) is 4.77. The van der Waals surface area contributed by atoms with Crippen LogP contribution >= 0.6 is 0 Å². The SMILES string of the molecule is CCC12CCC(=O)C(C)=C1c1c(F)cc(O)cc1C2. The summed E-state index contributed by atoms with van der Waals surface area (Å²) in [7, 11) is 0. The fraction of sp³-hybridized carbons (Fsp3) is 0.438. The number of fused-ring (bicyclic) bond motifs is 3. The molecule has 0 saturated heterocycles. The highest BCUT2D eigenvalue weighted by Gasteiger charge is 2.46. The number of Topliss-reactive ketones (excluding diaryl/α,β-unsaturated/α-hetero) is 1. The summed E-state index contributed by atoms with van der Waals surface area (Å²) in [5.41, 5.74) is 2.87. The van der Waals surface area contributed by atoms with Gasteiger partial charge in [-0.05, 0) is 49.0 Å². The summed E-state index contributed by atoms with van der Waals surface area (Å²) >= 11 is 0. The molecular formula is C16H17FO2. The molecule has 3 rings (SSSR count). The lowest BCUT2D eigenvalue weighted by atomic mass is 9.68. The maximum absolute atomic E-state index is 14.2. The molecule has 0 heterocycles. The Labute approximate surface area is 112 Å². The van der Waals surface area contributed by atoms with Gasteiger partial charge >= 0.3 is 0 Å². The molecule has 0 bridgehead atoms. The van der Waals surface area contributed by atoms with Crippen LogP contribution in [-0.4, -0.2) is 10.9 Å². The van der Waals surface area contributed by atoms with Gasteiger partial charge in [-0.25, -0.2) is 4.39 Å². The number of benzene rings is 1. The Bertz CT molecular complexity index is 615. The molecule has 100 valence electrons. The zero-order valence-corrected chi connectivity index (χ0v) is 11.2. The first-order valence-electron chi connectivity index (χ1n) is 6.75. The normalized spacial score (nSPS) is 25.5. The van der Waals surface area contributed by atoms with E-state index in [1.807, 2.05) is 6.92 Å². The number of ketones is 1. The van der Waals surface area contributed by atoms with Crippen LogP contribution in [0.1, 0.15) is 44.2 Å². The van der Waals surface area contributed by atoms with Crippen molar-refractivity contribution in [3.05, 3.63) is 34.6 Å². The quantitative estimate of drug-likeness (QED) is 0.837. The van der Waals surface area contributed by atoms with Crippen LogP contribution < -0.4 is 0 Å². The van der Waals surface area contributed by atoms with Gasteiger partial charge in [0.1, 0.15) is 11.6 Å². The van der Waals surface area contributed by atoms with E-state index in [-0.39, 0.29) is 16.9 Å². The lowest BCUT2D eigenvalue weighted by molar-refractivity contribution is -0.116. The summed E-state index contributed by atoms with van der Waals surface area (Å²) in [5, 5.41) is 9.56. The van der Waals surface area contributed by atoms with E-state index in [4.69, 9.17) is 0 Å². The third-order valence-corrected chi connectivity index (χ3v) is 4.77. The van der Waals surface area contributed by atoms with Crippen LogP contribution in [0.3, 0.4) is 0 Å². The standard InChI is InChI=1S/C16H17FO2/c1-3-16-5-4-13(19)9(2)15(16)14-10(8-16)6-11(18)7-12(14)17/h6-7,18H,3-5,8H2,1-2H3. The number of carbonyl (C=O) groups excluding carboxylic acids is 1. The van der Waals surface area contributed by atoms with Gasteiger partial charge < -0.3 is 5.11 Å². The predicted molar refractivity (Wildman–Crippen MR) is 71.3 cm³/mol. The van der Waals surface area contributed by atoms with Crippen molar-refractivity contribution < 1.29 is 14.3 Å². The minimum atomic E-state index is -0.408. The maximum Gasteiger partial charge on any atom is 0.158 e. The van der Waals surface area contributed by atoms with E-state index in [0.29, 0.717) is 17.6 Å². The molecule has 0 amide bonds. The Morgan fingerprint density at radius 3 is 2.84 bits per heavy atom. The number of phenolic OH excluding ortho intramolecular Hbond substituents is 1. The van der Waals surface area contributed by atoms with Crippen molar-refractivity contribution in [1.82, 2.24) is 0 Å². The first-order chi connectivity index (χ1) is 8.98. The van der Waals surface area contributed by atoms with Crippen LogP contribution in [0.25, 0.3) is 5.57 Å². The van der Waals surface area contributed by atoms with Crippen LogP contribution in [0.4, 0.5) is 4.39 Å². The molecule has 1 aromatic rings. The lowest BCUT2D eigenvalue weighted by Crippen LogP contribution is -2.27. The molecule has 0 fully saturated rings. The minimum absolute atomic E-state index is 0.0364. The number of rotatable bonds is 1. The van der Waals surface area contributed by atoms with Crippen molar-refractivity contribution in [2.75, 3.05) is 0 Å². The van der Waals surface area contributed by atoms with Crippen LogP contribution in [0.15, 0.2) is 17.7 Å². The molecule has 0 spiro atoms. The van der Waals surface area contributed by atoms with Crippen molar-refractivity contribution in [1.29, 1.82) is 0 Å². The lowest BCUT2D eigenvalue weighted by Gasteiger charge is -2.34. The molecule has 0 radical (unpaired) electrons. The molecule has 1 atom stereocenters. The molecule has 2 aliphatic carbocycles. The summed E-state index contributed by atoms with van der Waals surface area (Å²) in [6.45, 7) is 3.90. The zero-order valence-electron chi connectivity index (χ0n) is 11.2. The van der Waals surface area contributed by atoms with E-state index >= 15 is 0 Å². The highest BCUT2D eigenvalue weighted by Crippen LogP contribution is 2.56. The van der Waals surface area contributed by atoms with Crippen LogP contribution in [0, 0.1) is 11.2 Å². The molecule has 2 aliphatic rings. The molecular weight excluding hydrogens is 243 g/mol. The summed E-state index contributed by atoms with van der Waals surface area (Å²) < 4.78 is 14.2. The molecule has 19 heavy (non-hydrogen) atoms. The topological polar surface area (TPSA) is 37.3 Å². The number of halogens is 1. The second-order valence-corrected chi connectivity index (χ2v) is 5.70. The minimum Gasteiger partial charge on any atom is -0.508 e. The summed E-state index contributed by atoms with van der Waals surface area (Å²) in [5.74, 6) is -0.320. The fourth-order valence-electron chi connectivity index (χ4n) is 3.74. The van der Waals surface area contributed by atoms with Gasteiger partial charge in [0.2, 0.25) is 0 Å². The zero-order chi connectivity index (χ0) is 13.8. The van der Waals surface area contributed by atoms with E-state index in [0.717, 1.165) is 36.5 Å². The third kappa shape index (κ3) is 1.57. The van der Waals surface area contributed by atoms with E-state index in [1.54, 1.807) is 6.07 Å². The summed E-state index contributed by atoms with van der Waals surface area (Å²) in [6.07, 6.45) is 2.95. The number of hydrogen-bond acceptors (Lipinski definition) is 2. The average molecular weight is 260 g/mol. The Balaban J connectivity index is 2.32. The van der Waals surface area contributed by atoms with Crippen molar-refractivity contribution in [3.63, 3.8) is 0 Å². The van der Waals surface area contributed by atoms with E-state index in [1.165, 1.54) is 0 Å². The van der Waals surface area contributed by atoms with Crippen molar-refractivity contribution >= 4 is 11.4 Å². The monoisotopic (exact) mass is 260 g/mol. The second kappa shape index (κ2) is 3.92. The van der Waals surface area contributed by atoms with Gasteiger partial charge in [-0.3, -0.25) is 4.79 Å². The van der Waals surface area contributed by atoms with Gasteiger partial charge in [0.25, 0.3) is 0 Å². The molecule has 1 aromatic carbocycles. The molecule has 0 aliphatic heterocycles. The van der Waals surface area contributed by atoms with E-state index in [2.05, 4.69) is 6.92 Å². The van der Waals surface area contributed by atoms with Gasteiger partial charge in [-0.1, -0.05) is 6.92 Å². The van der Waals surface area contributed by atoms with Gasteiger partial charge in [0.05, 0.1) is 0 Å². The van der Waals surface area contributed by atoms with Crippen LogP contribution in [0.2, 0.25) is 0 Å². The molecule has 0 saturated carbocycles. The Hall–Kier alpha value is -1.64. The predicted octanol–water partition coefficient (Wildman–Crippen LogP) is 3.62. The first kappa shape index (κ1) is 12.4. The molecule has 3 heteroatoms. The van der Waals surface area contributed by atoms with Gasteiger partial charge in [-0.15, -0.1) is 0 Å². The fourth-order valence-corrected chi connectivity index (χ4v) is 3.74. The smallest absolute Gasteiger partial charge is 0.158 e. The number of aromatic hydroxyl groups is 1. The highest BCUT2D eigenvalue weighted by molar-refractivity contribution is 6.06. The van der Waals surface area contributed by atoms with Crippen molar-refractivity contribution in [3.8, 4) is 5.75 Å². The number of carbonyl (C=O) groups is 1. The van der Waals surface area contributed by atoms with Gasteiger partial charge in [0.15, 0.2) is 5.78 Å². The molecule has 0 aromatic heterocycles. The van der Waals surface area contributed by atoms with Crippen LogP contribution in [-0.2, 0) is 11.2 Å². The van der Waals surface area contributed by atoms with Crippen LogP contribution in [0.5, 0.6) is 5.75 Å².